The molecule has 0 bridgehead atoms. The van der Waals surface area contributed by atoms with Crippen LogP contribution in [0.15, 0.2) is 54.6 Å². The predicted molar refractivity (Wildman–Crippen MR) is 138 cm³/mol. The largest absolute Gasteiger partial charge is 0.354 e. The average Bonchev–Trinajstić information content (AvgIpc) is 3.56. The van der Waals surface area contributed by atoms with E-state index in [4.69, 9.17) is 0 Å². The molecule has 9 heteroatoms. The van der Waals surface area contributed by atoms with Gasteiger partial charge in [0.25, 0.3) is 5.91 Å². The first-order chi connectivity index (χ1) is 17.5. The van der Waals surface area contributed by atoms with E-state index < -0.39 is 0 Å². The minimum atomic E-state index is -0.290. The number of carbonyl (C=O) groups is 3. The Hall–Kier alpha value is -3.98. The molecule has 0 spiro atoms. The van der Waals surface area contributed by atoms with Gasteiger partial charge in [-0.05, 0) is 48.7 Å². The van der Waals surface area contributed by atoms with Gasteiger partial charge in [-0.3, -0.25) is 24.4 Å². The van der Waals surface area contributed by atoms with Gasteiger partial charge < -0.3 is 15.5 Å². The maximum absolute atomic E-state index is 12.9. The van der Waals surface area contributed by atoms with Crippen molar-refractivity contribution in [2.75, 3.05) is 45.1 Å². The van der Waals surface area contributed by atoms with Crippen molar-refractivity contribution in [3.8, 4) is 0 Å². The van der Waals surface area contributed by atoms with Crippen LogP contribution in [0.3, 0.4) is 0 Å². The number of hydrogen-bond donors (Lipinski definition) is 3. The summed E-state index contributed by atoms with van der Waals surface area (Å²) in [4.78, 5) is 41.8. The van der Waals surface area contributed by atoms with E-state index >= 15 is 0 Å². The van der Waals surface area contributed by atoms with Gasteiger partial charge in [0.05, 0.1) is 18.0 Å². The Kier molecular flexibility index (Phi) is 6.81. The Balaban J connectivity index is 1.14. The quantitative estimate of drug-likeness (QED) is 0.496. The summed E-state index contributed by atoms with van der Waals surface area (Å²) in [5.74, 6) is -0.460. The topological polar surface area (TPSA) is 110 Å². The van der Waals surface area contributed by atoms with Crippen LogP contribution >= 0.6 is 0 Å². The fourth-order valence-corrected chi connectivity index (χ4v) is 4.92. The van der Waals surface area contributed by atoms with Crippen LogP contribution in [0, 0.1) is 5.92 Å². The number of H-pyrrole nitrogens is 1. The number of amides is 3. The molecule has 1 fully saturated rings. The lowest BCUT2D eigenvalue weighted by molar-refractivity contribution is -0.132. The van der Waals surface area contributed by atoms with Gasteiger partial charge in [0.2, 0.25) is 11.8 Å². The number of likely N-dealkylation sites (tertiary alicyclic amines) is 1. The number of benzene rings is 2. The first kappa shape index (κ1) is 23.7. The zero-order valence-corrected chi connectivity index (χ0v) is 20.3. The van der Waals surface area contributed by atoms with Crippen molar-refractivity contribution in [3.05, 3.63) is 65.9 Å². The molecule has 2 aliphatic heterocycles. The van der Waals surface area contributed by atoms with Crippen molar-refractivity contribution in [1.82, 2.24) is 25.3 Å². The molecule has 2 aromatic carbocycles. The maximum atomic E-state index is 12.9. The second kappa shape index (κ2) is 10.3. The van der Waals surface area contributed by atoms with Crippen molar-refractivity contribution in [2.24, 2.45) is 5.92 Å². The fourth-order valence-electron chi connectivity index (χ4n) is 4.92. The van der Waals surface area contributed by atoms with Gasteiger partial charge in [-0.25, -0.2) is 0 Å². The lowest BCUT2D eigenvalue weighted by atomic mass is 9.99. The minimum Gasteiger partial charge on any atom is -0.354 e. The van der Waals surface area contributed by atoms with Crippen molar-refractivity contribution < 1.29 is 14.4 Å². The highest BCUT2D eigenvalue weighted by Crippen LogP contribution is 2.24. The van der Waals surface area contributed by atoms with E-state index in [1.54, 1.807) is 25.2 Å². The molecular weight excluding hydrogens is 456 g/mol. The smallest absolute Gasteiger partial charge is 0.272 e. The first-order valence-electron chi connectivity index (χ1n) is 12.3. The molecule has 3 aromatic rings. The van der Waals surface area contributed by atoms with Crippen LogP contribution in [0.4, 0.5) is 5.69 Å². The van der Waals surface area contributed by atoms with E-state index in [9.17, 15) is 14.4 Å². The molecule has 3 heterocycles. The zero-order chi connectivity index (χ0) is 25.1. The molecule has 3 amide bonds. The lowest BCUT2D eigenvalue weighted by Crippen LogP contribution is -2.41. The highest BCUT2D eigenvalue weighted by molar-refractivity contribution is 6.06. The van der Waals surface area contributed by atoms with E-state index in [-0.39, 0.29) is 29.3 Å². The molecule has 1 saturated heterocycles. The molecule has 0 unspecified atom stereocenters. The number of anilines is 1. The number of rotatable bonds is 6. The SMILES string of the molecule is CNC(=O)c1n[nH]c2ccc(NC(=O)[C@@H]3CCN(CC(=O)N4CC=C(c5ccccc5)CC4)C3)cc12. The Morgan fingerprint density at radius 1 is 1.11 bits per heavy atom. The van der Waals surface area contributed by atoms with Crippen molar-refractivity contribution >= 4 is 39.9 Å². The van der Waals surface area contributed by atoms with Crippen LogP contribution in [0.5, 0.6) is 0 Å². The molecule has 0 radical (unpaired) electrons. The number of carbonyl (C=O) groups excluding carboxylic acids is 3. The second-order valence-corrected chi connectivity index (χ2v) is 9.31. The fraction of sp³-hybridized carbons (Fsp3) is 0.333. The molecule has 1 aromatic heterocycles. The zero-order valence-electron chi connectivity index (χ0n) is 20.3. The predicted octanol–water partition coefficient (Wildman–Crippen LogP) is 2.50. The molecule has 9 nitrogen and oxygen atoms in total. The summed E-state index contributed by atoms with van der Waals surface area (Å²) in [5.41, 5.74) is 4.13. The molecule has 36 heavy (non-hydrogen) atoms. The van der Waals surface area contributed by atoms with Crippen molar-refractivity contribution in [2.45, 2.75) is 12.8 Å². The third-order valence-corrected chi connectivity index (χ3v) is 6.98. The van der Waals surface area contributed by atoms with Gasteiger partial charge in [-0.1, -0.05) is 36.4 Å². The number of aromatic nitrogens is 2. The number of nitrogens with zero attached hydrogens (tertiary/aromatic N) is 3. The Morgan fingerprint density at radius 2 is 1.94 bits per heavy atom. The molecule has 186 valence electrons. The summed E-state index contributed by atoms with van der Waals surface area (Å²) in [7, 11) is 1.55. The standard InChI is InChI=1S/C27H30N6O3/c1-28-27(36)25-22-15-21(7-8-23(22)30-31-25)29-26(35)20-9-12-32(16-20)17-24(34)33-13-10-19(11-14-33)18-5-3-2-4-6-18/h2-8,10,15,20H,9,11-14,16-17H2,1H3,(H,28,36)(H,29,35)(H,30,31)/t20-/m1/s1. The van der Waals surface area contributed by atoms with Crippen LogP contribution in [-0.2, 0) is 9.59 Å². The second-order valence-electron chi connectivity index (χ2n) is 9.31. The highest BCUT2D eigenvalue weighted by atomic mass is 16.2. The van der Waals surface area contributed by atoms with Gasteiger partial charge in [-0.15, -0.1) is 0 Å². The number of hydrogen-bond acceptors (Lipinski definition) is 5. The minimum absolute atomic E-state index is 0.0808. The lowest BCUT2D eigenvalue weighted by Gasteiger charge is -2.28. The van der Waals surface area contributed by atoms with E-state index in [0.717, 1.165) is 11.9 Å². The summed E-state index contributed by atoms with van der Waals surface area (Å²) in [6.45, 7) is 2.92. The van der Waals surface area contributed by atoms with Crippen LogP contribution in [0.1, 0.15) is 28.9 Å². The van der Waals surface area contributed by atoms with Crippen LogP contribution in [0.25, 0.3) is 16.5 Å². The average molecular weight is 487 g/mol. The van der Waals surface area contributed by atoms with Gasteiger partial charge in [0.15, 0.2) is 5.69 Å². The van der Waals surface area contributed by atoms with E-state index in [1.165, 1.54) is 11.1 Å². The first-order valence-corrected chi connectivity index (χ1v) is 12.3. The molecular formula is C27H30N6O3. The van der Waals surface area contributed by atoms with Gasteiger partial charge in [0, 0.05) is 37.8 Å². The Bertz CT molecular complexity index is 1320. The molecule has 0 aliphatic carbocycles. The Labute approximate surface area is 209 Å². The maximum Gasteiger partial charge on any atom is 0.272 e. The van der Waals surface area contributed by atoms with E-state index in [2.05, 4.69) is 43.9 Å². The summed E-state index contributed by atoms with van der Waals surface area (Å²) >= 11 is 0. The third-order valence-electron chi connectivity index (χ3n) is 6.98. The third kappa shape index (κ3) is 5.01. The van der Waals surface area contributed by atoms with Gasteiger partial charge in [0.1, 0.15) is 0 Å². The summed E-state index contributed by atoms with van der Waals surface area (Å²) in [5, 5.41) is 13.1. The van der Waals surface area contributed by atoms with Gasteiger partial charge in [-0.2, -0.15) is 5.10 Å². The monoisotopic (exact) mass is 486 g/mol. The molecule has 5 rings (SSSR count). The summed E-state index contributed by atoms with van der Waals surface area (Å²) in [6.07, 6.45) is 3.70. The number of fused-ring (bicyclic) bond motifs is 1. The highest BCUT2D eigenvalue weighted by Gasteiger charge is 2.30. The molecule has 2 aliphatic rings. The Morgan fingerprint density at radius 3 is 2.69 bits per heavy atom. The van der Waals surface area contributed by atoms with Crippen molar-refractivity contribution in [3.63, 3.8) is 0 Å². The number of aromatic amines is 1. The van der Waals surface area contributed by atoms with Crippen LogP contribution < -0.4 is 10.6 Å². The molecule has 1 atom stereocenters. The number of nitrogens with one attached hydrogen (secondary N) is 3. The molecule has 0 saturated carbocycles. The van der Waals surface area contributed by atoms with E-state index in [1.807, 2.05) is 23.1 Å². The summed E-state index contributed by atoms with van der Waals surface area (Å²) in [6, 6.07) is 15.6. The van der Waals surface area contributed by atoms with E-state index in [0.29, 0.717) is 50.2 Å². The van der Waals surface area contributed by atoms with Crippen molar-refractivity contribution in [1.29, 1.82) is 0 Å². The normalized spacial score (nSPS) is 18.2. The van der Waals surface area contributed by atoms with Crippen LogP contribution in [0.2, 0.25) is 0 Å². The van der Waals surface area contributed by atoms with Crippen LogP contribution in [-0.4, -0.2) is 77.5 Å². The van der Waals surface area contributed by atoms with Gasteiger partial charge >= 0.3 is 0 Å². The molecule has 3 N–H and O–H groups in total. The summed E-state index contributed by atoms with van der Waals surface area (Å²) < 4.78 is 0.